The fourth-order valence-electron chi connectivity index (χ4n) is 1.73. The first-order chi connectivity index (χ1) is 13.4. The van der Waals surface area contributed by atoms with Gasteiger partial charge in [0.15, 0.2) is 0 Å². The van der Waals surface area contributed by atoms with E-state index in [1.807, 2.05) is 40.7 Å². The molecule has 0 fully saturated rings. The van der Waals surface area contributed by atoms with Crippen molar-refractivity contribution in [1.29, 1.82) is 0 Å². The van der Waals surface area contributed by atoms with E-state index in [-0.39, 0.29) is 17.2 Å². The third-order valence-electron chi connectivity index (χ3n) is 2.86. The predicted octanol–water partition coefficient (Wildman–Crippen LogP) is 6.14. The normalized spacial score (nSPS) is 10.9. The maximum Gasteiger partial charge on any atom is 0.340 e. The van der Waals surface area contributed by atoms with Crippen LogP contribution in [-0.2, 0) is 4.74 Å². The number of hydrogen-bond acceptors (Lipinski definition) is 5. The van der Waals surface area contributed by atoms with Crippen LogP contribution in [0.4, 0.5) is 4.39 Å². The zero-order chi connectivity index (χ0) is 22.1. The second-order valence-corrected chi connectivity index (χ2v) is 4.67. The van der Waals surface area contributed by atoms with E-state index in [9.17, 15) is 9.18 Å². The summed E-state index contributed by atoms with van der Waals surface area (Å²) in [6.45, 7) is 18.8. The van der Waals surface area contributed by atoms with Crippen LogP contribution in [0.1, 0.15) is 51.9 Å². The van der Waals surface area contributed by atoms with Crippen LogP contribution in [0.15, 0.2) is 64.4 Å². The zero-order valence-electron chi connectivity index (χ0n) is 17.9. The van der Waals surface area contributed by atoms with Crippen LogP contribution in [-0.4, -0.2) is 25.7 Å². The highest BCUT2D eigenvalue weighted by molar-refractivity contribution is 5.99. The van der Waals surface area contributed by atoms with Gasteiger partial charge in [-0.25, -0.2) is 9.18 Å². The lowest BCUT2D eigenvalue weighted by Gasteiger charge is -2.12. The third kappa shape index (κ3) is 9.07. The van der Waals surface area contributed by atoms with Gasteiger partial charge in [0, 0.05) is 12.3 Å². The number of carbonyl (C=O) groups excluding carboxylic acids is 1. The van der Waals surface area contributed by atoms with Crippen LogP contribution in [0.3, 0.4) is 0 Å². The van der Waals surface area contributed by atoms with Crippen LogP contribution in [0.5, 0.6) is 5.75 Å². The van der Waals surface area contributed by atoms with Crippen LogP contribution in [0.25, 0.3) is 0 Å². The number of ether oxygens (including phenoxy) is 2. The first-order valence-electron chi connectivity index (χ1n) is 9.03. The van der Waals surface area contributed by atoms with E-state index in [2.05, 4.69) is 28.2 Å². The van der Waals surface area contributed by atoms with Crippen LogP contribution < -0.4 is 4.74 Å². The molecule has 0 spiro atoms. The molecule has 0 aliphatic carbocycles. The Kier molecular flexibility index (Phi) is 15.7. The highest BCUT2D eigenvalue weighted by atomic mass is 19.1. The molecule has 1 aromatic rings. The first kappa shape index (κ1) is 27.2. The molecule has 0 aromatic heterocycles. The van der Waals surface area contributed by atoms with Crippen molar-refractivity contribution in [3.8, 4) is 5.75 Å². The molecule has 0 saturated heterocycles. The van der Waals surface area contributed by atoms with E-state index < -0.39 is 11.8 Å². The van der Waals surface area contributed by atoms with Crippen molar-refractivity contribution in [3.63, 3.8) is 0 Å². The minimum atomic E-state index is -0.803. The van der Waals surface area contributed by atoms with E-state index in [1.165, 1.54) is 19.2 Å². The minimum Gasteiger partial charge on any atom is -0.465 e. The van der Waals surface area contributed by atoms with E-state index in [1.54, 1.807) is 19.1 Å². The smallest absolute Gasteiger partial charge is 0.340 e. The van der Waals surface area contributed by atoms with Gasteiger partial charge in [-0.2, -0.15) is 5.10 Å². The maximum absolute atomic E-state index is 13.7. The Balaban J connectivity index is 0. The van der Waals surface area contributed by atoms with Crippen molar-refractivity contribution in [2.45, 2.75) is 41.5 Å². The Hall–Kier alpha value is -3.02. The molecule has 0 bridgehead atoms. The van der Waals surface area contributed by atoms with E-state index in [0.717, 1.165) is 6.07 Å². The molecular formula is C22H31FN2O3. The zero-order valence-corrected chi connectivity index (χ0v) is 17.9. The molecule has 154 valence electrons. The number of methoxy groups -OCH3 is 1. The number of halogens is 1. The predicted molar refractivity (Wildman–Crippen MR) is 116 cm³/mol. The van der Waals surface area contributed by atoms with Crippen molar-refractivity contribution in [3.05, 3.63) is 65.5 Å². The molecule has 28 heavy (non-hydrogen) atoms. The SMILES string of the molecule is C=N\N=C(Oc1ccc(F)c(C(=O)OC)c1)/C(=C/C=C\C)C(=C)C.CC.CC. The molecule has 5 nitrogen and oxygen atoms in total. The molecule has 0 atom stereocenters. The van der Waals surface area contributed by atoms with Crippen molar-refractivity contribution in [2.75, 3.05) is 7.11 Å². The van der Waals surface area contributed by atoms with Crippen molar-refractivity contribution < 1.29 is 18.7 Å². The molecule has 0 amide bonds. The summed E-state index contributed by atoms with van der Waals surface area (Å²) >= 11 is 0. The maximum atomic E-state index is 13.7. The molecular weight excluding hydrogens is 359 g/mol. The van der Waals surface area contributed by atoms with Crippen molar-refractivity contribution >= 4 is 18.6 Å². The monoisotopic (exact) mass is 390 g/mol. The largest absolute Gasteiger partial charge is 0.465 e. The summed E-state index contributed by atoms with van der Waals surface area (Å²) in [6.07, 6.45) is 5.36. The lowest BCUT2D eigenvalue weighted by Crippen LogP contribution is -2.13. The minimum absolute atomic E-state index is 0.123. The average molecular weight is 390 g/mol. The number of benzene rings is 1. The van der Waals surface area contributed by atoms with E-state index >= 15 is 0 Å². The summed E-state index contributed by atoms with van der Waals surface area (Å²) in [6, 6.07) is 3.70. The van der Waals surface area contributed by atoms with E-state index in [4.69, 9.17) is 4.74 Å². The number of esters is 1. The average Bonchev–Trinajstić information content (AvgIpc) is 2.72. The summed E-state index contributed by atoms with van der Waals surface area (Å²) in [5.41, 5.74) is 1.03. The molecule has 0 heterocycles. The number of rotatable bonds is 6. The van der Waals surface area contributed by atoms with Crippen LogP contribution in [0.2, 0.25) is 0 Å². The lowest BCUT2D eigenvalue weighted by atomic mass is 10.1. The van der Waals surface area contributed by atoms with Crippen molar-refractivity contribution in [2.24, 2.45) is 10.2 Å². The Labute approximate surface area is 168 Å². The summed E-state index contributed by atoms with van der Waals surface area (Å²) in [5, 5.41) is 7.32. The van der Waals surface area contributed by atoms with Crippen molar-refractivity contribution in [1.82, 2.24) is 0 Å². The lowest BCUT2D eigenvalue weighted by molar-refractivity contribution is 0.0595. The Morgan fingerprint density at radius 2 is 1.82 bits per heavy atom. The highest BCUT2D eigenvalue weighted by Gasteiger charge is 2.16. The van der Waals surface area contributed by atoms with Crippen LogP contribution >= 0.6 is 0 Å². The summed E-state index contributed by atoms with van der Waals surface area (Å²) in [5.74, 6) is -1.19. The Morgan fingerprint density at radius 3 is 2.29 bits per heavy atom. The molecule has 0 saturated carbocycles. The second-order valence-electron chi connectivity index (χ2n) is 4.67. The molecule has 0 aliphatic heterocycles. The van der Waals surface area contributed by atoms with Gasteiger partial charge in [-0.3, -0.25) is 0 Å². The molecule has 0 aliphatic rings. The fraction of sp³-hybridized carbons (Fsp3) is 0.318. The molecule has 0 N–H and O–H groups in total. The third-order valence-corrected chi connectivity index (χ3v) is 2.86. The Bertz CT molecular complexity index is 735. The molecule has 6 heteroatoms. The molecule has 1 aromatic carbocycles. The molecule has 0 unspecified atom stereocenters. The molecule has 1 rings (SSSR count). The topological polar surface area (TPSA) is 60.2 Å². The summed E-state index contributed by atoms with van der Waals surface area (Å²) in [4.78, 5) is 11.6. The van der Waals surface area contributed by atoms with Gasteiger partial charge in [-0.1, -0.05) is 46.4 Å². The van der Waals surface area contributed by atoms with Crippen LogP contribution in [0, 0.1) is 5.82 Å². The number of nitrogens with zero attached hydrogens (tertiary/aromatic N) is 2. The highest BCUT2D eigenvalue weighted by Crippen LogP contribution is 2.21. The van der Waals surface area contributed by atoms with Gasteiger partial charge in [0.05, 0.1) is 12.7 Å². The summed E-state index contributed by atoms with van der Waals surface area (Å²) < 4.78 is 23.9. The molecule has 0 radical (unpaired) electrons. The summed E-state index contributed by atoms with van der Waals surface area (Å²) in [7, 11) is 1.17. The Morgan fingerprint density at radius 1 is 1.21 bits per heavy atom. The standard InChI is InChI=1S/C18H19FN2O3.2C2H6/c1-6-7-8-14(12(2)3)17(21-20-4)24-13-9-10-16(19)15(11-13)18(22)23-5;2*1-2/h6-11H,2,4H2,1,3,5H3;2*1-2H3/b7-6-,14-8+,21-17+;;. The number of allylic oxidation sites excluding steroid dienone is 3. The number of hydrogen-bond donors (Lipinski definition) is 0. The van der Waals surface area contributed by atoms with Gasteiger partial charge in [0.2, 0.25) is 5.90 Å². The first-order valence-corrected chi connectivity index (χ1v) is 9.03. The second kappa shape index (κ2) is 16.2. The van der Waals surface area contributed by atoms with Gasteiger partial charge in [0.1, 0.15) is 11.6 Å². The van der Waals surface area contributed by atoms with Gasteiger partial charge in [-0.05, 0) is 43.7 Å². The van der Waals surface area contributed by atoms with Gasteiger partial charge in [0.25, 0.3) is 0 Å². The fourth-order valence-corrected chi connectivity index (χ4v) is 1.73. The van der Waals surface area contributed by atoms with Gasteiger partial charge >= 0.3 is 5.97 Å². The van der Waals surface area contributed by atoms with Gasteiger partial charge < -0.3 is 9.47 Å². The number of carbonyl (C=O) groups is 1. The van der Waals surface area contributed by atoms with Gasteiger partial charge in [-0.15, -0.1) is 5.10 Å². The van der Waals surface area contributed by atoms with E-state index in [0.29, 0.717) is 11.1 Å². The quantitative estimate of drug-likeness (QED) is 0.193.